The summed E-state index contributed by atoms with van der Waals surface area (Å²) in [5.74, 6) is 1.48. The van der Waals surface area contributed by atoms with Crippen LogP contribution in [0.25, 0.3) is 11.4 Å². The molecular weight excluding hydrogens is 354 g/mol. The minimum atomic E-state index is -0.490. The molecule has 0 aliphatic heterocycles. The van der Waals surface area contributed by atoms with Crippen LogP contribution >= 0.6 is 23.4 Å². The van der Waals surface area contributed by atoms with Crippen molar-refractivity contribution in [2.75, 3.05) is 7.11 Å². The Hall–Kier alpha value is -2.45. The molecule has 0 unspecified atom stereocenters. The maximum absolute atomic E-state index is 11.4. The molecule has 0 radical (unpaired) electrons. The monoisotopic (exact) mass is 365 g/mol. The van der Waals surface area contributed by atoms with E-state index in [-0.39, 0.29) is 0 Å². The second kappa shape index (κ2) is 6.98. The topological polar surface area (TPSA) is 101 Å². The van der Waals surface area contributed by atoms with E-state index >= 15 is 0 Å². The maximum atomic E-state index is 11.4. The number of halogens is 1. The number of methoxy groups -OCH3 is 1. The molecule has 24 heavy (non-hydrogen) atoms. The molecule has 0 amide bonds. The van der Waals surface area contributed by atoms with Crippen LogP contribution in [0.2, 0.25) is 5.02 Å². The van der Waals surface area contributed by atoms with E-state index in [4.69, 9.17) is 25.9 Å². The quantitative estimate of drug-likeness (QED) is 0.670. The fourth-order valence-electron chi connectivity index (χ4n) is 1.95. The van der Waals surface area contributed by atoms with Crippen LogP contribution in [0.15, 0.2) is 44.9 Å². The van der Waals surface area contributed by atoms with Crippen molar-refractivity contribution in [3.63, 3.8) is 0 Å². The van der Waals surface area contributed by atoms with Crippen LogP contribution in [-0.2, 0) is 5.75 Å². The molecule has 9 heteroatoms. The summed E-state index contributed by atoms with van der Waals surface area (Å²) in [4.78, 5) is 15.7. The summed E-state index contributed by atoms with van der Waals surface area (Å²) in [6.07, 6.45) is 1.01. The van der Waals surface area contributed by atoms with E-state index in [0.717, 1.165) is 6.26 Å². The molecular formula is C15H12ClN3O4S. The Morgan fingerprint density at radius 1 is 1.42 bits per heavy atom. The summed E-state index contributed by atoms with van der Waals surface area (Å²) in [5, 5.41) is 17.1. The van der Waals surface area contributed by atoms with Gasteiger partial charge in [0.25, 0.3) is 0 Å². The van der Waals surface area contributed by atoms with Gasteiger partial charge in [0.2, 0.25) is 10.6 Å². The zero-order chi connectivity index (χ0) is 17.1. The van der Waals surface area contributed by atoms with Gasteiger partial charge in [0.05, 0.1) is 18.4 Å². The highest BCUT2D eigenvalue weighted by molar-refractivity contribution is 7.98. The summed E-state index contributed by atoms with van der Waals surface area (Å²) < 4.78 is 10.4. The van der Waals surface area contributed by atoms with Crippen molar-refractivity contribution in [1.29, 1.82) is 0 Å². The number of hydrogen-bond acceptors (Lipinski definition) is 7. The molecule has 2 heterocycles. The number of H-pyrrole nitrogens is 1. The lowest BCUT2D eigenvalue weighted by Crippen LogP contribution is -1.99. The molecule has 0 saturated heterocycles. The second-order valence-corrected chi connectivity index (χ2v) is 6.07. The highest BCUT2D eigenvalue weighted by Crippen LogP contribution is 2.31. The molecule has 2 aromatic heterocycles. The lowest BCUT2D eigenvalue weighted by molar-refractivity contribution is 0.416. The Morgan fingerprint density at radius 2 is 2.25 bits per heavy atom. The molecule has 1 aromatic carbocycles. The van der Waals surface area contributed by atoms with E-state index in [1.54, 1.807) is 25.3 Å². The van der Waals surface area contributed by atoms with Gasteiger partial charge in [-0.25, -0.2) is 4.98 Å². The fraction of sp³-hybridized carbons (Fsp3) is 0.133. The Balaban J connectivity index is 1.77. The molecule has 0 bridgehead atoms. The number of aromatic nitrogens is 3. The zero-order valence-corrected chi connectivity index (χ0v) is 14.0. The van der Waals surface area contributed by atoms with E-state index < -0.39 is 11.2 Å². The van der Waals surface area contributed by atoms with Gasteiger partial charge in [-0.3, -0.25) is 9.89 Å². The SMILES string of the molecule is COc1ccc(Cl)cc1-c1nc(SCc2cc(=O)c(O)co2)n[nH]1. The fourth-order valence-corrected chi connectivity index (χ4v) is 2.81. The predicted molar refractivity (Wildman–Crippen MR) is 89.6 cm³/mol. The van der Waals surface area contributed by atoms with Crippen LogP contribution in [0.3, 0.4) is 0 Å². The third-order valence-corrected chi connectivity index (χ3v) is 4.20. The highest BCUT2D eigenvalue weighted by atomic mass is 35.5. The number of ether oxygens (including phenoxy) is 1. The third kappa shape index (κ3) is 3.55. The smallest absolute Gasteiger partial charge is 0.226 e. The molecule has 0 spiro atoms. The minimum absolute atomic E-state index is 0.347. The molecule has 3 aromatic rings. The van der Waals surface area contributed by atoms with Gasteiger partial charge in [0, 0.05) is 11.1 Å². The van der Waals surface area contributed by atoms with Crippen molar-refractivity contribution in [2.45, 2.75) is 10.9 Å². The van der Waals surface area contributed by atoms with E-state index in [0.29, 0.717) is 38.8 Å². The average Bonchev–Trinajstić information content (AvgIpc) is 3.05. The number of nitrogens with zero attached hydrogens (tertiary/aromatic N) is 2. The summed E-state index contributed by atoms with van der Waals surface area (Å²) in [5.41, 5.74) is 0.205. The molecule has 2 N–H and O–H groups in total. The van der Waals surface area contributed by atoms with Crippen LogP contribution in [0.1, 0.15) is 5.76 Å². The first-order valence-corrected chi connectivity index (χ1v) is 8.13. The van der Waals surface area contributed by atoms with E-state index in [1.807, 2.05) is 0 Å². The first-order chi connectivity index (χ1) is 11.6. The first kappa shape index (κ1) is 16.4. The lowest BCUT2D eigenvalue weighted by Gasteiger charge is -2.05. The van der Waals surface area contributed by atoms with Gasteiger partial charge in [0.15, 0.2) is 11.6 Å². The Labute approximate surface area is 145 Å². The maximum Gasteiger partial charge on any atom is 0.226 e. The van der Waals surface area contributed by atoms with Gasteiger partial charge in [-0.1, -0.05) is 23.4 Å². The standard InChI is InChI=1S/C15H12ClN3O4S/c1-22-13-3-2-8(16)4-10(13)14-17-15(19-18-14)24-7-9-5-11(20)12(21)6-23-9/h2-6,21H,7H2,1H3,(H,17,18,19). The van der Waals surface area contributed by atoms with Crippen LogP contribution in [0.5, 0.6) is 11.5 Å². The van der Waals surface area contributed by atoms with Gasteiger partial charge in [-0.2, -0.15) is 0 Å². The Kier molecular flexibility index (Phi) is 4.77. The van der Waals surface area contributed by atoms with Gasteiger partial charge in [-0.05, 0) is 18.2 Å². The number of aromatic amines is 1. The third-order valence-electron chi connectivity index (χ3n) is 3.09. The molecule has 7 nitrogen and oxygen atoms in total. The minimum Gasteiger partial charge on any atom is -0.502 e. The number of aromatic hydroxyl groups is 1. The Morgan fingerprint density at radius 3 is 3.00 bits per heavy atom. The van der Waals surface area contributed by atoms with Crippen LogP contribution in [-0.4, -0.2) is 27.4 Å². The van der Waals surface area contributed by atoms with Gasteiger partial charge >= 0.3 is 0 Å². The first-order valence-electron chi connectivity index (χ1n) is 6.76. The van der Waals surface area contributed by atoms with Crippen molar-refractivity contribution >= 4 is 23.4 Å². The molecule has 0 fully saturated rings. The molecule has 3 rings (SSSR count). The normalized spacial score (nSPS) is 10.8. The molecule has 124 valence electrons. The van der Waals surface area contributed by atoms with Gasteiger partial charge in [0.1, 0.15) is 17.8 Å². The van der Waals surface area contributed by atoms with Gasteiger partial charge < -0.3 is 14.3 Å². The highest BCUT2D eigenvalue weighted by Gasteiger charge is 2.13. The summed E-state index contributed by atoms with van der Waals surface area (Å²) in [7, 11) is 1.56. The number of benzene rings is 1. The molecule has 0 aliphatic carbocycles. The zero-order valence-electron chi connectivity index (χ0n) is 12.4. The van der Waals surface area contributed by atoms with Crippen LogP contribution in [0.4, 0.5) is 0 Å². The average molecular weight is 366 g/mol. The summed E-state index contributed by atoms with van der Waals surface area (Å²) in [6, 6.07) is 6.44. The van der Waals surface area contributed by atoms with Crippen molar-refractivity contribution in [1.82, 2.24) is 15.2 Å². The second-order valence-electron chi connectivity index (χ2n) is 4.70. The summed E-state index contributed by atoms with van der Waals surface area (Å²) in [6.45, 7) is 0. The number of nitrogens with one attached hydrogen (secondary N) is 1. The van der Waals surface area contributed by atoms with E-state index in [9.17, 15) is 4.79 Å². The molecule has 0 aliphatic rings. The number of hydrogen-bond donors (Lipinski definition) is 2. The van der Waals surface area contributed by atoms with Crippen LogP contribution < -0.4 is 10.2 Å². The van der Waals surface area contributed by atoms with E-state index in [1.165, 1.54) is 17.8 Å². The van der Waals surface area contributed by atoms with Crippen LogP contribution in [0, 0.1) is 0 Å². The summed E-state index contributed by atoms with van der Waals surface area (Å²) >= 11 is 7.29. The predicted octanol–water partition coefficient (Wildman–Crippen LogP) is 3.08. The van der Waals surface area contributed by atoms with Crippen molar-refractivity contribution < 1.29 is 14.3 Å². The number of rotatable bonds is 5. The Bertz CT molecular complexity index is 925. The number of thioether (sulfide) groups is 1. The van der Waals surface area contributed by atoms with Gasteiger partial charge in [-0.15, -0.1) is 5.10 Å². The van der Waals surface area contributed by atoms with Crippen molar-refractivity contribution in [2.24, 2.45) is 0 Å². The lowest BCUT2D eigenvalue weighted by atomic mass is 10.2. The van der Waals surface area contributed by atoms with E-state index in [2.05, 4.69) is 15.2 Å². The molecule has 0 saturated carbocycles. The molecule has 0 atom stereocenters. The van der Waals surface area contributed by atoms with Crippen molar-refractivity contribution in [3.8, 4) is 22.9 Å². The largest absolute Gasteiger partial charge is 0.502 e. The van der Waals surface area contributed by atoms with Crippen molar-refractivity contribution in [3.05, 3.63) is 51.5 Å².